The zero-order valence-corrected chi connectivity index (χ0v) is 14.6. The van der Waals surface area contributed by atoms with Gasteiger partial charge in [0.1, 0.15) is 0 Å². The van der Waals surface area contributed by atoms with Gasteiger partial charge >= 0.3 is 0 Å². The molecule has 1 amide bonds. The highest BCUT2D eigenvalue weighted by Crippen LogP contribution is 2.30. The second-order valence-corrected chi connectivity index (χ2v) is 7.21. The molecule has 1 aromatic carbocycles. The molecule has 1 aromatic heterocycles. The highest BCUT2D eigenvalue weighted by atomic mass is 16.2. The number of rotatable bonds is 6. The van der Waals surface area contributed by atoms with Gasteiger partial charge in [0.2, 0.25) is 5.91 Å². The molecule has 2 aromatic rings. The number of carbonyl (C=O) groups is 1. The van der Waals surface area contributed by atoms with Gasteiger partial charge in [0.05, 0.1) is 6.04 Å². The third kappa shape index (κ3) is 3.99. The first-order chi connectivity index (χ1) is 11.7. The molecule has 1 saturated carbocycles. The van der Waals surface area contributed by atoms with Gasteiger partial charge in [-0.2, -0.15) is 0 Å². The van der Waals surface area contributed by atoms with Gasteiger partial charge in [0.25, 0.3) is 0 Å². The molecule has 130 valence electrons. The van der Waals surface area contributed by atoms with E-state index in [4.69, 9.17) is 5.73 Å². The first-order valence-corrected chi connectivity index (χ1v) is 9.25. The second kappa shape index (κ2) is 7.84. The lowest BCUT2D eigenvalue weighted by molar-refractivity contribution is -0.122. The molecule has 24 heavy (non-hydrogen) atoms. The molecule has 4 nitrogen and oxygen atoms in total. The van der Waals surface area contributed by atoms with Gasteiger partial charge < -0.3 is 16.0 Å². The Balaban J connectivity index is 1.48. The fourth-order valence-electron chi connectivity index (χ4n) is 3.85. The molecule has 0 aliphatic heterocycles. The number of carbonyl (C=O) groups excluding carboxylic acids is 1. The van der Waals surface area contributed by atoms with E-state index in [1.54, 1.807) is 0 Å². The summed E-state index contributed by atoms with van der Waals surface area (Å²) in [5.41, 5.74) is 8.33. The van der Waals surface area contributed by atoms with E-state index in [0.29, 0.717) is 12.3 Å². The van der Waals surface area contributed by atoms with Crippen LogP contribution in [0.4, 0.5) is 0 Å². The molecule has 0 unspecified atom stereocenters. The van der Waals surface area contributed by atoms with E-state index in [9.17, 15) is 4.79 Å². The number of nitrogens with two attached hydrogens (primary N) is 1. The van der Waals surface area contributed by atoms with Crippen LogP contribution in [0.1, 0.15) is 44.6 Å². The predicted molar refractivity (Wildman–Crippen MR) is 98.7 cm³/mol. The Morgan fingerprint density at radius 3 is 2.71 bits per heavy atom. The quantitative estimate of drug-likeness (QED) is 0.761. The molecule has 4 N–H and O–H groups in total. The van der Waals surface area contributed by atoms with Crippen LogP contribution in [0.3, 0.4) is 0 Å². The average molecular weight is 327 g/mol. The summed E-state index contributed by atoms with van der Waals surface area (Å²) in [6, 6.07) is 7.63. The van der Waals surface area contributed by atoms with E-state index in [1.807, 2.05) is 24.4 Å². The number of nitrogens with one attached hydrogen (secondary N) is 2. The largest absolute Gasteiger partial charge is 0.361 e. The van der Waals surface area contributed by atoms with Crippen molar-refractivity contribution in [1.29, 1.82) is 0 Å². The highest BCUT2D eigenvalue weighted by molar-refractivity contribution is 5.86. The Labute approximate surface area is 144 Å². The molecule has 3 rings (SSSR count). The summed E-state index contributed by atoms with van der Waals surface area (Å²) in [5, 5.41) is 4.22. The summed E-state index contributed by atoms with van der Waals surface area (Å²) in [6.07, 6.45) is 8.89. The van der Waals surface area contributed by atoms with Gasteiger partial charge in [-0.25, -0.2) is 0 Å². The fourth-order valence-corrected chi connectivity index (χ4v) is 3.85. The van der Waals surface area contributed by atoms with Crippen LogP contribution in [0, 0.1) is 11.8 Å². The van der Waals surface area contributed by atoms with Gasteiger partial charge in [-0.1, -0.05) is 44.4 Å². The summed E-state index contributed by atoms with van der Waals surface area (Å²) in [6.45, 7) is 3.05. The normalized spacial score (nSPS) is 22.4. The minimum Gasteiger partial charge on any atom is -0.361 e. The third-order valence-corrected chi connectivity index (χ3v) is 5.56. The maximum absolute atomic E-state index is 12.3. The third-order valence-electron chi connectivity index (χ3n) is 5.56. The van der Waals surface area contributed by atoms with Crippen LogP contribution in [-0.4, -0.2) is 23.5 Å². The van der Waals surface area contributed by atoms with Crippen molar-refractivity contribution < 1.29 is 4.79 Å². The van der Waals surface area contributed by atoms with Crippen LogP contribution in [0.15, 0.2) is 30.5 Å². The summed E-state index contributed by atoms with van der Waals surface area (Å²) in [5.74, 6) is 1.48. The van der Waals surface area contributed by atoms with Gasteiger partial charge in [-0.3, -0.25) is 4.79 Å². The maximum Gasteiger partial charge on any atom is 0.237 e. The number of hydrogen-bond donors (Lipinski definition) is 3. The van der Waals surface area contributed by atoms with Crippen LogP contribution in [0.2, 0.25) is 0 Å². The van der Waals surface area contributed by atoms with Crippen molar-refractivity contribution >= 4 is 16.8 Å². The number of aromatic amines is 1. The van der Waals surface area contributed by atoms with Crippen LogP contribution >= 0.6 is 0 Å². The van der Waals surface area contributed by atoms with Gasteiger partial charge in [0.15, 0.2) is 0 Å². The zero-order valence-electron chi connectivity index (χ0n) is 14.6. The van der Waals surface area contributed by atoms with Crippen LogP contribution < -0.4 is 11.1 Å². The minimum atomic E-state index is -0.490. The Morgan fingerprint density at radius 1 is 1.25 bits per heavy atom. The lowest BCUT2D eigenvalue weighted by Gasteiger charge is -2.28. The average Bonchev–Trinajstić information content (AvgIpc) is 3.03. The molecule has 0 saturated heterocycles. The molecule has 1 aliphatic rings. The van der Waals surface area contributed by atoms with E-state index in [0.717, 1.165) is 28.9 Å². The Kier molecular flexibility index (Phi) is 5.56. The first-order valence-electron chi connectivity index (χ1n) is 9.25. The molecule has 0 bridgehead atoms. The topological polar surface area (TPSA) is 70.9 Å². The lowest BCUT2D eigenvalue weighted by atomic mass is 9.81. The molecule has 0 radical (unpaired) electrons. The van der Waals surface area contributed by atoms with E-state index >= 15 is 0 Å². The van der Waals surface area contributed by atoms with E-state index in [2.05, 4.69) is 23.3 Å². The molecule has 1 fully saturated rings. The van der Waals surface area contributed by atoms with Crippen LogP contribution in [0.25, 0.3) is 10.9 Å². The van der Waals surface area contributed by atoms with Gasteiger partial charge in [-0.15, -0.1) is 0 Å². The van der Waals surface area contributed by atoms with E-state index < -0.39 is 6.04 Å². The molecule has 4 heteroatoms. The van der Waals surface area contributed by atoms with Crippen molar-refractivity contribution in [2.75, 3.05) is 6.54 Å². The first kappa shape index (κ1) is 17.0. The van der Waals surface area contributed by atoms with Gasteiger partial charge in [-0.05, 0) is 42.7 Å². The number of H-pyrrole nitrogens is 1. The smallest absolute Gasteiger partial charge is 0.237 e. The summed E-state index contributed by atoms with van der Waals surface area (Å²) in [7, 11) is 0. The standard InChI is InChI=1S/C20H29N3O/c1-2-14-7-9-15(10-8-14)12-23-20(24)18(21)11-16-13-22-19-6-4-3-5-17(16)19/h3-6,13-15,18,22H,2,7-12,21H2,1H3,(H,23,24)/t14?,15?,18-/m0/s1. The Morgan fingerprint density at radius 2 is 1.96 bits per heavy atom. The SMILES string of the molecule is CCC1CCC(CNC(=O)[C@@H](N)Cc2c[nH]c3ccccc23)CC1. The molecule has 1 heterocycles. The fraction of sp³-hybridized carbons (Fsp3) is 0.550. The molecule has 0 spiro atoms. The van der Waals surface area contributed by atoms with E-state index in [1.165, 1.54) is 32.1 Å². The zero-order chi connectivity index (χ0) is 16.9. The second-order valence-electron chi connectivity index (χ2n) is 7.21. The number of amides is 1. The Bertz CT molecular complexity index is 670. The predicted octanol–water partition coefficient (Wildman–Crippen LogP) is 3.37. The van der Waals surface area contributed by atoms with Crippen molar-refractivity contribution in [2.24, 2.45) is 17.6 Å². The van der Waals surface area contributed by atoms with Gasteiger partial charge in [0, 0.05) is 23.6 Å². The van der Waals surface area contributed by atoms with Crippen molar-refractivity contribution in [3.63, 3.8) is 0 Å². The number of para-hydroxylation sites is 1. The number of benzene rings is 1. The lowest BCUT2D eigenvalue weighted by Crippen LogP contribution is -2.44. The minimum absolute atomic E-state index is 0.0297. The monoisotopic (exact) mass is 327 g/mol. The number of aromatic nitrogens is 1. The molecule has 1 atom stereocenters. The molecular weight excluding hydrogens is 298 g/mol. The number of hydrogen-bond acceptors (Lipinski definition) is 2. The summed E-state index contributed by atoms with van der Waals surface area (Å²) < 4.78 is 0. The van der Waals surface area contributed by atoms with Crippen molar-refractivity contribution in [2.45, 2.75) is 51.5 Å². The molecular formula is C20H29N3O. The molecule has 1 aliphatic carbocycles. The van der Waals surface area contributed by atoms with Crippen LogP contribution in [0.5, 0.6) is 0 Å². The van der Waals surface area contributed by atoms with Crippen molar-refractivity contribution in [3.05, 3.63) is 36.0 Å². The maximum atomic E-state index is 12.3. The van der Waals surface area contributed by atoms with Crippen LogP contribution in [-0.2, 0) is 11.2 Å². The van der Waals surface area contributed by atoms with Crippen molar-refractivity contribution in [1.82, 2.24) is 10.3 Å². The number of fused-ring (bicyclic) bond motifs is 1. The Hall–Kier alpha value is -1.81. The highest BCUT2D eigenvalue weighted by Gasteiger charge is 2.22. The van der Waals surface area contributed by atoms with E-state index in [-0.39, 0.29) is 5.91 Å². The summed E-state index contributed by atoms with van der Waals surface area (Å²) in [4.78, 5) is 15.6. The summed E-state index contributed by atoms with van der Waals surface area (Å²) >= 11 is 0. The van der Waals surface area contributed by atoms with Crippen molar-refractivity contribution in [3.8, 4) is 0 Å².